The van der Waals surface area contributed by atoms with Gasteiger partial charge in [-0.15, -0.1) is 0 Å². The SMILES string of the molecule is CCOc1ccccc1NC(=O)COc1ccc(/C=C2\SC(=O)N(c3ccccc3)C2=O)cc1OC. The second-order valence-electron chi connectivity index (χ2n) is 7.53. The van der Waals surface area contributed by atoms with E-state index < -0.39 is 0 Å². The lowest BCUT2D eigenvalue weighted by molar-refractivity contribution is -0.118. The largest absolute Gasteiger partial charge is 0.493 e. The average molecular weight is 505 g/mol. The van der Waals surface area contributed by atoms with Gasteiger partial charge in [-0.2, -0.15) is 0 Å². The van der Waals surface area contributed by atoms with E-state index in [1.54, 1.807) is 66.7 Å². The Balaban J connectivity index is 1.44. The topological polar surface area (TPSA) is 94.2 Å². The van der Waals surface area contributed by atoms with Crippen LogP contribution in [0.15, 0.2) is 77.7 Å². The van der Waals surface area contributed by atoms with Crippen molar-refractivity contribution in [1.82, 2.24) is 0 Å². The fourth-order valence-electron chi connectivity index (χ4n) is 3.49. The van der Waals surface area contributed by atoms with Crippen LogP contribution in [-0.2, 0) is 9.59 Å². The van der Waals surface area contributed by atoms with Crippen LogP contribution in [0.4, 0.5) is 16.2 Å². The molecule has 9 heteroatoms. The first-order chi connectivity index (χ1) is 17.5. The molecule has 1 saturated heterocycles. The Kier molecular flexibility index (Phi) is 7.92. The summed E-state index contributed by atoms with van der Waals surface area (Å²) in [4.78, 5) is 39.2. The fraction of sp³-hybridized carbons (Fsp3) is 0.148. The number of para-hydroxylation sites is 3. The van der Waals surface area contributed by atoms with Crippen LogP contribution in [0, 0.1) is 0 Å². The van der Waals surface area contributed by atoms with Crippen molar-refractivity contribution in [2.45, 2.75) is 6.92 Å². The third-order valence-corrected chi connectivity index (χ3v) is 5.98. The second kappa shape index (κ2) is 11.5. The lowest BCUT2D eigenvalue weighted by Gasteiger charge is -2.13. The summed E-state index contributed by atoms with van der Waals surface area (Å²) < 4.78 is 16.6. The number of nitrogens with zero attached hydrogens (tertiary/aromatic N) is 1. The maximum atomic E-state index is 12.8. The first-order valence-corrected chi connectivity index (χ1v) is 12.0. The van der Waals surface area contributed by atoms with Crippen LogP contribution in [-0.4, -0.2) is 37.4 Å². The van der Waals surface area contributed by atoms with Gasteiger partial charge in [-0.25, -0.2) is 4.90 Å². The predicted octanol–water partition coefficient (Wildman–Crippen LogP) is 5.35. The predicted molar refractivity (Wildman–Crippen MR) is 140 cm³/mol. The standard InChI is InChI=1S/C27H24N2O6S/c1-3-34-21-12-8-7-11-20(21)28-25(30)17-35-22-14-13-18(15-23(22)33-2)16-24-26(31)29(27(32)36-24)19-9-5-4-6-10-19/h4-16H,3,17H2,1-2H3,(H,28,30)/b24-16-. The van der Waals surface area contributed by atoms with Gasteiger partial charge in [0.2, 0.25) is 0 Å². The molecule has 3 aromatic carbocycles. The monoisotopic (exact) mass is 504 g/mol. The molecule has 1 heterocycles. The molecule has 184 valence electrons. The molecule has 1 aliphatic heterocycles. The maximum absolute atomic E-state index is 12.8. The lowest BCUT2D eigenvalue weighted by atomic mass is 10.2. The minimum Gasteiger partial charge on any atom is -0.493 e. The van der Waals surface area contributed by atoms with E-state index in [0.717, 1.165) is 16.7 Å². The highest BCUT2D eigenvalue weighted by molar-refractivity contribution is 8.19. The second-order valence-corrected chi connectivity index (χ2v) is 8.52. The highest BCUT2D eigenvalue weighted by atomic mass is 32.2. The van der Waals surface area contributed by atoms with Crippen molar-refractivity contribution in [2.24, 2.45) is 0 Å². The number of carbonyl (C=O) groups is 3. The molecule has 0 aromatic heterocycles. The van der Waals surface area contributed by atoms with Crippen LogP contribution >= 0.6 is 11.8 Å². The Labute approximate surface area is 212 Å². The zero-order chi connectivity index (χ0) is 25.5. The fourth-order valence-corrected chi connectivity index (χ4v) is 4.33. The van der Waals surface area contributed by atoms with Crippen molar-refractivity contribution in [3.05, 3.63) is 83.3 Å². The number of carbonyl (C=O) groups excluding carboxylic acids is 3. The highest BCUT2D eigenvalue weighted by Gasteiger charge is 2.36. The van der Waals surface area contributed by atoms with Crippen LogP contribution in [0.2, 0.25) is 0 Å². The molecule has 8 nitrogen and oxygen atoms in total. The summed E-state index contributed by atoms with van der Waals surface area (Å²) in [6, 6.07) is 21.0. The van der Waals surface area contributed by atoms with Crippen molar-refractivity contribution in [3.8, 4) is 17.2 Å². The molecule has 0 aliphatic carbocycles. The van der Waals surface area contributed by atoms with Crippen molar-refractivity contribution >= 4 is 46.3 Å². The molecule has 0 saturated carbocycles. The molecule has 4 rings (SSSR count). The van der Waals surface area contributed by atoms with Gasteiger partial charge < -0.3 is 19.5 Å². The average Bonchev–Trinajstić information content (AvgIpc) is 3.17. The van der Waals surface area contributed by atoms with E-state index in [4.69, 9.17) is 14.2 Å². The number of imide groups is 1. The number of amides is 3. The minimum atomic E-state index is -0.389. The molecular formula is C27H24N2O6S. The van der Waals surface area contributed by atoms with Gasteiger partial charge in [-0.1, -0.05) is 36.4 Å². The number of benzene rings is 3. The van der Waals surface area contributed by atoms with Crippen molar-refractivity contribution in [3.63, 3.8) is 0 Å². The summed E-state index contributed by atoms with van der Waals surface area (Å²) in [5.74, 6) is 0.572. The number of nitrogens with one attached hydrogen (secondary N) is 1. The molecular weight excluding hydrogens is 480 g/mol. The lowest BCUT2D eigenvalue weighted by Crippen LogP contribution is -2.27. The highest BCUT2D eigenvalue weighted by Crippen LogP contribution is 2.37. The quantitative estimate of drug-likeness (QED) is 0.393. The van der Waals surface area contributed by atoms with Gasteiger partial charge >= 0.3 is 0 Å². The van der Waals surface area contributed by atoms with Crippen LogP contribution < -0.4 is 24.4 Å². The molecule has 3 amide bonds. The molecule has 36 heavy (non-hydrogen) atoms. The molecule has 1 fully saturated rings. The van der Waals surface area contributed by atoms with E-state index in [2.05, 4.69) is 5.32 Å². The molecule has 1 N–H and O–H groups in total. The van der Waals surface area contributed by atoms with Crippen LogP contribution in [0.3, 0.4) is 0 Å². The van der Waals surface area contributed by atoms with Gasteiger partial charge in [0.05, 0.1) is 30.0 Å². The minimum absolute atomic E-state index is 0.244. The number of anilines is 2. The Bertz CT molecular complexity index is 1310. The maximum Gasteiger partial charge on any atom is 0.298 e. The van der Waals surface area contributed by atoms with Gasteiger partial charge in [0.25, 0.3) is 17.1 Å². The number of methoxy groups -OCH3 is 1. The number of hydrogen-bond acceptors (Lipinski definition) is 7. The van der Waals surface area contributed by atoms with E-state index in [9.17, 15) is 14.4 Å². The smallest absolute Gasteiger partial charge is 0.298 e. The van der Waals surface area contributed by atoms with Crippen LogP contribution in [0.25, 0.3) is 6.08 Å². The Morgan fingerprint density at radius 1 is 0.944 bits per heavy atom. The molecule has 0 bridgehead atoms. The third-order valence-electron chi connectivity index (χ3n) is 5.11. The normalized spacial score (nSPS) is 14.2. The van der Waals surface area contributed by atoms with Gasteiger partial charge in [-0.05, 0) is 66.7 Å². The zero-order valence-electron chi connectivity index (χ0n) is 19.7. The number of thioether (sulfide) groups is 1. The van der Waals surface area contributed by atoms with Crippen molar-refractivity contribution in [2.75, 3.05) is 30.5 Å². The summed E-state index contributed by atoms with van der Waals surface area (Å²) in [5, 5.41) is 2.41. The van der Waals surface area contributed by atoms with E-state index >= 15 is 0 Å². The van der Waals surface area contributed by atoms with E-state index in [0.29, 0.717) is 45.7 Å². The summed E-state index contributed by atoms with van der Waals surface area (Å²) in [5.41, 5.74) is 1.72. The summed E-state index contributed by atoms with van der Waals surface area (Å²) in [6.07, 6.45) is 1.62. The van der Waals surface area contributed by atoms with Crippen LogP contribution in [0.1, 0.15) is 12.5 Å². The molecule has 0 unspecified atom stereocenters. The van der Waals surface area contributed by atoms with E-state index in [1.807, 2.05) is 19.1 Å². The number of rotatable bonds is 9. The first kappa shape index (κ1) is 24.9. The molecule has 0 radical (unpaired) electrons. The first-order valence-electron chi connectivity index (χ1n) is 11.2. The van der Waals surface area contributed by atoms with Gasteiger partial charge in [0.15, 0.2) is 18.1 Å². The van der Waals surface area contributed by atoms with Gasteiger partial charge in [0, 0.05) is 0 Å². The molecule has 3 aromatic rings. The van der Waals surface area contributed by atoms with Gasteiger partial charge in [0.1, 0.15) is 5.75 Å². The molecule has 0 atom stereocenters. The van der Waals surface area contributed by atoms with Crippen LogP contribution in [0.5, 0.6) is 17.2 Å². The van der Waals surface area contributed by atoms with E-state index in [1.165, 1.54) is 7.11 Å². The van der Waals surface area contributed by atoms with Crippen molar-refractivity contribution < 1.29 is 28.6 Å². The number of ether oxygens (including phenoxy) is 3. The van der Waals surface area contributed by atoms with Crippen molar-refractivity contribution in [1.29, 1.82) is 0 Å². The Hall–Kier alpha value is -4.24. The third kappa shape index (κ3) is 5.69. The summed E-state index contributed by atoms with van der Waals surface area (Å²) in [6.45, 7) is 2.10. The number of hydrogen-bond donors (Lipinski definition) is 1. The zero-order valence-corrected chi connectivity index (χ0v) is 20.5. The summed E-state index contributed by atoms with van der Waals surface area (Å²) >= 11 is 0.872. The Morgan fingerprint density at radius 2 is 1.69 bits per heavy atom. The van der Waals surface area contributed by atoms with Gasteiger partial charge in [-0.3, -0.25) is 14.4 Å². The Morgan fingerprint density at radius 3 is 2.44 bits per heavy atom. The molecule has 1 aliphatic rings. The summed E-state index contributed by atoms with van der Waals surface area (Å²) in [7, 11) is 1.48. The molecule has 0 spiro atoms. The van der Waals surface area contributed by atoms with E-state index in [-0.39, 0.29) is 23.7 Å².